The monoisotopic (exact) mass is 664 g/mol. The van der Waals surface area contributed by atoms with Crippen LogP contribution in [-0.2, 0) is 11.2 Å². The number of nitrogens with zero attached hydrogens (tertiary/aromatic N) is 4. The van der Waals surface area contributed by atoms with Gasteiger partial charge in [-0.15, -0.1) is 0 Å². The van der Waals surface area contributed by atoms with Crippen LogP contribution in [0.3, 0.4) is 0 Å². The molecule has 3 heterocycles. The van der Waals surface area contributed by atoms with Gasteiger partial charge in [0.25, 0.3) is 0 Å². The van der Waals surface area contributed by atoms with Gasteiger partial charge in [0.1, 0.15) is 29.9 Å². The minimum absolute atomic E-state index is 0.0257. The van der Waals surface area contributed by atoms with Crippen LogP contribution in [0, 0.1) is 29.5 Å². The van der Waals surface area contributed by atoms with E-state index in [0.29, 0.717) is 66.6 Å². The minimum atomic E-state index is -1.63. The van der Waals surface area contributed by atoms with Crippen LogP contribution in [0.2, 0.25) is 5.02 Å². The lowest BCUT2D eigenvalue weighted by Crippen LogP contribution is -2.50. The van der Waals surface area contributed by atoms with Crippen molar-refractivity contribution in [3.05, 3.63) is 47.0 Å². The minimum Gasteiger partial charge on any atom is -0.493 e. The van der Waals surface area contributed by atoms with Gasteiger partial charge in [0.05, 0.1) is 43.2 Å². The van der Waals surface area contributed by atoms with E-state index in [1.807, 2.05) is 0 Å². The molecule has 3 aliphatic rings. The number of benzene rings is 1. The lowest BCUT2D eigenvalue weighted by atomic mass is 9.66. The zero-order valence-electron chi connectivity index (χ0n) is 26.0. The standard InChI is InChI=1S/C33H46ClFN4O7/c34-25-14-36-33(37-15-25)38-8-6-22(7-9-38)24-10-21(11-24)19-46-26-5-4-23(27(35)13-26)12-30(43)39-16-20(17-39)2-1-3-28(41)31(44)32(45)29(42)18-40/h4-5,13-15,20-22,24,28-29,31-32,40-42,44-45H,1-3,6-12,16-19H2/t21?,24?,28-,29+,31+,32+/m0/s1. The molecular weight excluding hydrogens is 619 g/mol. The van der Waals surface area contributed by atoms with Crippen molar-refractivity contribution in [1.82, 2.24) is 14.9 Å². The average Bonchev–Trinajstić information content (AvgIpc) is 3.01. The molecule has 1 saturated carbocycles. The van der Waals surface area contributed by atoms with Gasteiger partial charge in [-0.25, -0.2) is 14.4 Å². The van der Waals surface area contributed by atoms with Crippen molar-refractivity contribution in [2.75, 3.05) is 44.3 Å². The van der Waals surface area contributed by atoms with Crippen LogP contribution in [0.1, 0.15) is 50.5 Å². The van der Waals surface area contributed by atoms with Crippen LogP contribution in [0.25, 0.3) is 0 Å². The molecule has 11 nitrogen and oxygen atoms in total. The number of piperidine rings is 1. The molecule has 2 saturated heterocycles. The maximum Gasteiger partial charge on any atom is 0.227 e. The Labute approximate surface area is 274 Å². The highest BCUT2D eigenvalue weighted by Gasteiger charge is 2.37. The van der Waals surface area contributed by atoms with Crippen molar-refractivity contribution in [2.45, 2.75) is 75.8 Å². The Bertz CT molecular complexity index is 1270. The van der Waals surface area contributed by atoms with Crippen LogP contribution >= 0.6 is 11.6 Å². The number of halogens is 2. The van der Waals surface area contributed by atoms with E-state index in [0.717, 1.165) is 44.7 Å². The molecule has 1 aliphatic carbocycles. The van der Waals surface area contributed by atoms with E-state index in [1.54, 1.807) is 29.4 Å². The molecular formula is C33H46ClFN4O7. The maximum absolute atomic E-state index is 14.8. The number of carbonyl (C=O) groups excluding carboxylic acids is 1. The second kappa shape index (κ2) is 16.0. The Morgan fingerprint density at radius 1 is 1.00 bits per heavy atom. The number of rotatable bonds is 15. The highest BCUT2D eigenvalue weighted by molar-refractivity contribution is 6.30. The summed E-state index contributed by atoms with van der Waals surface area (Å²) in [4.78, 5) is 25.3. The normalized spacial score (nSPS) is 23.3. The molecule has 4 atom stereocenters. The molecule has 3 fully saturated rings. The second-order valence-corrected chi connectivity index (χ2v) is 13.7. The van der Waals surface area contributed by atoms with E-state index in [9.17, 15) is 29.6 Å². The summed E-state index contributed by atoms with van der Waals surface area (Å²) in [6, 6.07) is 4.71. The molecule has 0 bridgehead atoms. The van der Waals surface area contributed by atoms with E-state index in [-0.39, 0.29) is 24.7 Å². The number of anilines is 1. The van der Waals surface area contributed by atoms with Crippen LogP contribution in [0.4, 0.5) is 10.3 Å². The zero-order chi connectivity index (χ0) is 32.8. The Morgan fingerprint density at radius 2 is 1.67 bits per heavy atom. The molecule has 13 heteroatoms. The fraction of sp³-hybridized carbons (Fsp3) is 0.667. The Balaban J connectivity index is 0.946. The lowest BCUT2D eigenvalue weighted by molar-refractivity contribution is -0.137. The highest BCUT2D eigenvalue weighted by atomic mass is 35.5. The molecule has 1 aromatic carbocycles. The van der Waals surface area contributed by atoms with E-state index in [4.69, 9.17) is 21.4 Å². The molecule has 5 rings (SSSR count). The maximum atomic E-state index is 14.8. The first-order valence-electron chi connectivity index (χ1n) is 16.4. The van der Waals surface area contributed by atoms with Crippen LogP contribution in [0.5, 0.6) is 5.75 Å². The summed E-state index contributed by atoms with van der Waals surface area (Å²) >= 11 is 5.90. The topological polar surface area (TPSA) is 160 Å². The molecule has 0 unspecified atom stereocenters. The van der Waals surface area contributed by atoms with E-state index in [2.05, 4.69) is 14.9 Å². The van der Waals surface area contributed by atoms with Crippen molar-refractivity contribution in [2.24, 2.45) is 23.7 Å². The van der Waals surface area contributed by atoms with E-state index >= 15 is 0 Å². The van der Waals surface area contributed by atoms with Crippen LogP contribution < -0.4 is 9.64 Å². The Hall–Kier alpha value is -2.61. The number of amides is 1. The van der Waals surface area contributed by atoms with Crippen LogP contribution in [0.15, 0.2) is 30.6 Å². The number of likely N-dealkylation sites (tertiary alicyclic amines) is 1. The van der Waals surface area contributed by atoms with Crippen LogP contribution in [-0.4, -0.2) is 110 Å². The quantitative estimate of drug-likeness (QED) is 0.191. The molecule has 0 spiro atoms. The fourth-order valence-electron chi connectivity index (χ4n) is 6.90. The first-order valence-corrected chi connectivity index (χ1v) is 16.7. The summed E-state index contributed by atoms with van der Waals surface area (Å²) in [6.07, 6.45) is 3.25. The largest absolute Gasteiger partial charge is 0.493 e. The number of aliphatic hydroxyl groups excluding tert-OH is 5. The molecule has 0 radical (unpaired) electrons. The summed E-state index contributed by atoms with van der Waals surface area (Å²) in [5.41, 5.74) is 0.334. The summed E-state index contributed by atoms with van der Waals surface area (Å²) in [5, 5.41) is 48.5. The van der Waals surface area contributed by atoms with Gasteiger partial charge >= 0.3 is 0 Å². The molecule has 46 heavy (non-hydrogen) atoms. The number of carbonyl (C=O) groups is 1. The Kier molecular flexibility index (Phi) is 12.1. The van der Waals surface area contributed by atoms with Gasteiger partial charge in [0.15, 0.2) is 0 Å². The van der Waals surface area contributed by atoms with Gasteiger partial charge in [-0.3, -0.25) is 4.79 Å². The van der Waals surface area contributed by atoms with Crippen molar-refractivity contribution < 1.29 is 39.5 Å². The summed E-state index contributed by atoms with van der Waals surface area (Å²) in [5.74, 6) is 2.70. The summed E-state index contributed by atoms with van der Waals surface area (Å²) in [7, 11) is 0. The first-order chi connectivity index (χ1) is 22.1. The molecule has 5 N–H and O–H groups in total. The third-order valence-electron chi connectivity index (χ3n) is 9.97. The smallest absolute Gasteiger partial charge is 0.227 e. The molecule has 2 aromatic rings. The third kappa shape index (κ3) is 8.84. The van der Waals surface area contributed by atoms with E-state index < -0.39 is 36.8 Å². The zero-order valence-corrected chi connectivity index (χ0v) is 26.8. The predicted octanol–water partition coefficient (Wildman–Crippen LogP) is 2.20. The lowest BCUT2D eigenvalue weighted by Gasteiger charge is -2.43. The number of hydrogen-bond donors (Lipinski definition) is 5. The van der Waals surface area contributed by atoms with Gasteiger partial charge in [0.2, 0.25) is 11.9 Å². The third-order valence-corrected chi connectivity index (χ3v) is 10.2. The summed E-state index contributed by atoms with van der Waals surface area (Å²) in [6.45, 7) is 2.82. The number of aromatic nitrogens is 2. The van der Waals surface area contributed by atoms with Crippen molar-refractivity contribution in [1.29, 1.82) is 0 Å². The number of ether oxygens (including phenoxy) is 1. The second-order valence-electron chi connectivity index (χ2n) is 13.3. The van der Waals surface area contributed by atoms with E-state index in [1.165, 1.54) is 6.07 Å². The van der Waals surface area contributed by atoms with Gasteiger partial charge in [-0.2, -0.15) is 0 Å². The van der Waals surface area contributed by atoms with Crippen molar-refractivity contribution in [3.8, 4) is 5.75 Å². The van der Waals surface area contributed by atoms with Gasteiger partial charge in [-0.05, 0) is 73.8 Å². The number of aliphatic hydroxyl groups is 5. The van der Waals surface area contributed by atoms with Gasteiger partial charge in [-0.1, -0.05) is 24.1 Å². The molecule has 2 aliphatic heterocycles. The van der Waals surface area contributed by atoms with Crippen molar-refractivity contribution >= 4 is 23.5 Å². The Morgan fingerprint density at radius 3 is 2.33 bits per heavy atom. The fourth-order valence-corrected chi connectivity index (χ4v) is 7.00. The van der Waals surface area contributed by atoms with Gasteiger partial charge < -0.3 is 40.1 Å². The molecule has 254 valence electrons. The first kappa shape index (κ1) is 34.7. The van der Waals surface area contributed by atoms with Gasteiger partial charge in [0, 0.05) is 32.2 Å². The summed E-state index contributed by atoms with van der Waals surface area (Å²) < 4.78 is 20.8. The number of hydrogen-bond acceptors (Lipinski definition) is 10. The SMILES string of the molecule is O=C(Cc1ccc(OCC2CC(C3CCN(c4ncc(Cl)cn4)CC3)C2)cc1F)N1CC(CCC[C@H](O)[C@@H](O)[C@H](O)[C@H](O)CO)C1. The predicted molar refractivity (Wildman–Crippen MR) is 169 cm³/mol. The molecule has 1 aromatic heterocycles. The van der Waals surface area contributed by atoms with Crippen molar-refractivity contribution in [3.63, 3.8) is 0 Å². The highest BCUT2D eigenvalue weighted by Crippen LogP contribution is 2.43. The molecule has 1 amide bonds. The average molecular weight is 665 g/mol.